The Bertz CT molecular complexity index is 717. The lowest BCUT2D eigenvalue weighted by Crippen LogP contribution is -2.26. The molecule has 3 aromatic rings. The van der Waals surface area contributed by atoms with Crippen LogP contribution in [0.1, 0.15) is 11.3 Å². The second-order valence-corrected chi connectivity index (χ2v) is 6.11. The Kier molecular flexibility index (Phi) is 4.35. The van der Waals surface area contributed by atoms with Crippen LogP contribution in [0.2, 0.25) is 0 Å². The summed E-state index contributed by atoms with van der Waals surface area (Å²) in [5, 5.41) is 5.41. The lowest BCUT2D eigenvalue weighted by atomic mass is 10.2. The molecule has 0 aliphatic carbocycles. The van der Waals surface area contributed by atoms with Crippen LogP contribution in [0.4, 0.5) is 5.13 Å². The summed E-state index contributed by atoms with van der Waals surface area (Å²) in [5.41, 5.74) is 3.17. The van der Waals surface area contributed by atoms with E-state index >= 15 is 0 Å². The molecule has 0 saturated carbocycles. The molecule has 6 nitrogen and oxygen atoms in total. The minimum Gasteiger partial charge on any atom is -0.383 e. The molecule has 0 unspecified atom stereocenters. The predicted octanol–water partition coefficient (Wildman–Crippen LogP) is 2.39. The normalized spacial score (nSPS) is 11.2. The number of aryl methyl sites for hydroxylation is 2. The molecule has 0 radical (unpaired) electrons. The first kappa shape index (κ1) is 14.9. The zero-order valence-electron chi connectivity index (χ0n) is 13.0. The molecule has 0 fully saturated rings. The van der Waals surface area contributed by atoms with Gasteiger partial charge in [0, 0.05) is 39.6 Å². The maximum atomic E-state index is 5.24. The molecule has 3 heterocycles. The summed E-state index contributed by atoms with van der Waals surface area (Å²) in [7, 11) is 3.65. The van der Waals surface area contributed by atoms with E-state index in [4.69, 9.17) is 9.72 Å². The number of fused-ring (bicyclic) bond motifs is 1. The van der Waals surface area contributed by atoms with Crippen molar-refractivity contribution in [3.63, 3.8) is 0 Å². The van der Waals surface area contributed by atoms with Gasteiger partial charge in [0.05, 0.1) is 17.0 Å². The van der Waals surface area contributed by atoms with Crippen molar-refractivity contribution in [3.05, 3.63) is 35.8 Å². The molecule has 0 aliphatic rings. The first-order valence-electron chi connectivity index (χ1n) is 7.12. The Hall–Kier alpha value is -1.99. The van der Waals surface area contributed by atoms with Gasteiger partial charge in [-0.3, -0.25) is 4.98 Å². The van der Waals surface area contributed by atoms with Crippen molar-refractivity contribution in [3.8, 4) is 0 Å². The summed E-state index contributed by atoms with van der Waals surface area (Å²) in [6.45, 7) is 4.27. The minimum absolute atomic E-state index is 0.665. The highest BCUT2D eigenvalue weighted by molar-refractivity contribution is 7.22. The molecule has 0 aromatic carbocycles. The Labute approximate surface area is 133 Å². The predicted molar refractivity (Wildman–Crippen MR) is 88.3 cm³/mol. The molecule has 0 aliphatic heterocycles. The molecule has 0 spiro atoms. The van der Waals surface area contributed by atoms with Gasteiger partial charge in [-0.2, -0.15) is 5.10 Å². The van der Waals surface area contributed by atoms with Gasteiger partial charge >= 0.3 is 0 Å². The van der Waals surface area contributed by atoms with Crippen molar-refractivity contribution in [2.45, 2.75) is 13.5 Å². The lowest BCUT2D eigenvalue weighted by molar-refractivity contribution is 0.205. The Morgan fingerprint density at radius 1 is 1.32 bits per heavy atom. The van der Waals surface area contributed by atoms with E-state index in [0.717, 1.165) is 34.3 Å². The second kappa shape index (κ2) is 6.41. The fourth-order valence-electron chi connectivity index (χ4n) is 2.36. The second-order valence-electron chi connectivity index (χ2n) is 5.13. The molecule has 0 saturated heterocycles. The van der Waals surface area contributed by atoms with Crippen LogP contribution in [-0.2, 0) is 18.3 Å². The molecule has 0 amide bonds. The summed E-state index contributed by atoms with van der Waals surface area (Å²) in [5.74, 6) is 0. The number of pyridine rings is 1. The first-order chi connectivity index (χ1) is 10.7. The molecule has 3 rings (SSSR count). The molecule has 0 N–H and O–H groups in total. The van der Waals surface area contributed by atoms with Gasteiger partial charge in [0.15, 0.2) is 10.8 Å². The molecule has 0 atom stereocenters. The van der Waals surface area contributed by atoms with Gasteiger partial charge in [-0.05, 0) is 24.6 Å². The molecular weight excluding hydrogens is 298 g/mol. The number of rotatable bonds is 6. The van der Waals surface area contributed by atoms with Crippen molar-refractivity contribution in [1.82, 2.24) is 19.7 Å². The van der Waals surface area contributed by atoms with Crippen LogP contribution >= 0.6 is 11.3 Å². The van der Waals surface area contributed by atoms with Gasteiger partial charge < -0.3 is 9.64 Å². The number of thiazole rings is 1. The van der Waals surface area contributed by atoms with E-state index in [1.54, 1.807) is 18.4 Å². The smallest absolute Gasteiger partial charge is 0.188 e. The van der Waals surface area contributed by atoms with Crippen LogP contribution in [0.5, 0.6) is 0 Å². The van der Waals surface area contributed by atoms with Gasteiger partial charge in [-0.1, -0.05) is 11.3 Å². The van der Waals surface area contributed by atoms with Gasteiger partial charge in [0.1, 0.15) is 0 Å². The Morgan fingerprint density at radius 3 is 2.77 bits per heavy atom. The van der Waals surface area contributed by atoms with Crippen molar-refractivity contribution in [2.75, 3.05) is 25.2 Å². The number of methoxy groups -OCH3 is 1. The number of hydrogen-bond donors (Lipinski definition) is 0. The number of ether oxygens (including phenoxy) is 1. The third kappa shape index (κ3) is 2.95. The third-order valence-corrected chi connectivity index (χ3v) is 4.71. The minimum atomic E-state index is 0.665. The average Bonchev–Trinajstić information content (AvgIpc) is 3.07. The fraction of sp³-hybridized carbons (Fsp3) is 0.400. The number of anilines is 1. The van der Waals surface area contributed by atoms with Gasteiger partial charge in [0.2, 0.25) is 0 Å². The zero-order chi connectivity index (χ0) is 15.5. The molecule has 3 aromatic heterocycles. The summed E-state index contributed by atoms with van der Waals surface area (Å²) in [4.78, 5) is 11.1. The zero-order valence-corrected chi connectivity index (χ0v) is 13.8. The van der Waals surface area contributed by atoms with Crippen LogP contribution in [-0.4, -0.2) is 40.0 Å². The van der Waals surface area contributed by atoms with E-state index in [1.165, 1.54) is 5.56 Å². The van der Waals surface area contributed by atoms with E-state index in [1.807, 2.05) is 43.2 Å². The largest absolute Gasteiger partial charge is 0.383 e. The standard InChI is InChI=1S/C15H19N5OS/c1-11-13-14(19(2)18-11)17-15(22-13)20(8-9-21-3)10-12-4-6-16-7-5-12/h4-7H,8-10H2,1-3H3. The summed E-state index contributed by atoms with van der Waals surface area (Å²) < 4.78 is 8.23. The highest BCUT2D eigenvalue weighted by Gasteiger charge is 2.17. The Balaban J connectivity index is 1.91. The molecular formula is C15H19N5OS. The highest BCUT2D eigenvalue weighted by Crippen LogP contribution is 2.31. The van der Waals surface area contributed by atoms with E-state index in [9.17, 15) is 0 Å². The quantitative estimate of drug-likeness (QED) is 0.699. The van der Waals surface area contributed by atoms with E-state index in [2.05, 4.69) is 15.0 Å². The van der Waals surface area contributed by atoms with E-state index in [-0.39, 0.29) is 0 Å². The van der Waals surface area contributed by atoms with Gasteiger partial charge in [0.25, 0.3) is 0 Å². The molecule has 116 valence electrons. The molecule has 22 heavy (non-hydrogen) atoms. The summed E-state index contributed by atoms with van der Waals surface area (Å²) in [6, 6.07) is 4.06. The van der Waals surface area contributed by atoms with E-state index in [0.29, 0.717) is 6.61 Å². The Morgan fingerprint density at radius 2 is 2.09 bits per heavy atom. The summed E-state index contributed by atoms with van der Waals surface area (Å²) >= 11 is 1.68. The fourth-order valence-corrected chi connectivity index (χ4v) is 3.42. The average molecular weight is 317 g/mol. The maximum Gasteiger partial charge on any atom is 0.188 e. The monoisotopic (exact) mass is 317 g/mol. The molecule has 0 bridgehead atoms. The van der Waals surface area contributed by atoms with Crippen LogP contribution in [0.15, 0.2) is 24.5 Å². The van der Waals surface area contributed by atoms with Crippen LogP contribution in [0.3, 0.4) is 0 Å². The topological polar surface area (TPSA) is 56.1 Å². The van der Waals surface area contributed by atoms with Crippen molar-refractivity contribution in [2.24, 2.45) is 7.05 Å². The third-order valence-electron chi connectivity index (χ3n) is 3.49. The lowest BCUT2D eigenvalue weighted by Gasteiger charge is -2.21. The van der Waals surface area contributed by atoms with Gasteiger partial charge in [-0.15, -0.1) is 0 Å². The van der Waals surface area contributed by atoms with Gasteiger partial charge in [-0.25, -0.2) is 9.67 Å². The SMILES string of the molecule is COCCN(Cc1ccncc1)c1nc2c(s1)c(C)nn2C. The maximum absolute atomic E-state index is 5.24. The highest BCUT2D eigenvalue weighted by atomic mass is 32.1. The summed E-state index contributed by atoms with van der Waals surface area (Å²) in [6.07, 6.45) is 3.63. The van der Waals surface area contributed by atoms with Crippen molar-refractivity contribution >= 4 is 26.8 Å². The number of nitrogens with zero attached hydrogens (tertiary/aromatic N) is 5. The van der Waals surface area contributed by atoms with Crippen molar-refractivity contribution < 1.29 is 4.74 Å². The van der Waals surface area contributed by atoms with E-state index < -0.39 is 0 Å². The first-order valence-corrected chi connectivity index (χ1v) is 7.93. The number of aromatic nitrogens is 4. The van der Waals surface area contributed by atoms with Crippen LogP contribution < -0.4 is 4.90 Å². The molecule has 7 heteroatoms. The van der Waals surface area contributed by atoms with Crippen molar-refractivity contribution in [1.29, 1.82) is 0 Å². The van der Waals surface area contributed by atoms with Crippen LogP contribution in [0, 0.1) is 6.92 Å². The number of hydrogen-bond acceptors (Lipinski definition) is 6. The van der Waals surface area contributed by atoms with Crippen LogP contribution in [0.25, 0.3) is 10.3 Å².